The summed E-state index contributed by atoms with van der Waals surface area (Å²) in [4.78, 5) is 0. The van der Waals surface area contributed by atoms with E-state index < -0.39 is 6.29 Å². The summed E-state index contributed by atoms with van der Waals surface area (Å²) in [5.41, 5.74) is 4.51. The smallest absolute Gasteiger partial charge is 0.180 e. The molecule has 114 valence electrons. The van der Waals surface area contributed by atoms with Gasteiger partial charge >= 0.3 is 0 Å². The van der Waals surface area contributed by atoms with Crippen LogP contribution in [0.2, 0.25) is 0 Å². The molecule has 1 aromatic rings. The summed E-state index contributed by atoms with van der Waals surface area (Å²) in [7, 11) is 0. The van der Waals surface area contributed by atoms with Gasteiger partial charge in [0, 0.05) is 17.7 Å². The van der Waals surface area contributed by atoms with Crippen LogP contribution >= 0.6 is 0 Å². The van der Waals surface area contributed by atoms with E-state index in [1.165, 1.54) is 0 Å². The molecular weight excluding hydrogens is 282 g/mol. The number of nitrogens with one attached hydrogen (secondary N) is 3. The van der Waals surface area contributed by atoms with E-state index in [4.69, 9.17) is 4.74 Å². The third-order valence-corrected chi connectivity index (χ3v) is 4.03. The zero-order valence-electron chi connectivity index (χ0n) is 11.8. The van der Waals surface area contributed by atoms with E-state index in [0.717, 1.165) is 34.8 Å². The molecule has 5 N–H and O–H groups in total. The topological polar surface area (TPSA) is 85.8 Å². The number of allylic oxidation sites excluding steroid dienone is 1. The van der Waals surface area contributed by atoms with E-state index in [1.54, 1.807) is 12.3 Å². The number of ether oxygens (including phenoxy) is 1. The highest BCUT2D eigenvalue weighted by molar-refractivity contribution is 5.61. The van der Waals surface area contributed by atoms with Crippen molar-refractivity contribution in [3.63, 3.8) is 0 Å². The number of dihydropyridines is 1. The first-order valence-corrected chi connectivity index (χ1v) is 7.21. The van der Waals surface area contributed by atoms with E-state index in [9.17, 15) is 10.2 Å². The molecule has 0 radical (unpaired) electrons. The van der Waals surface area contributed by atoms with Crippen LogP contribution in [0.25, 0.3) is 0 Å². The number of hydrogen-bond acceptors (Lipinski definition) is 6. The van der Waals surface area contributed by atoms with Crippen LogP contribution < -0.4 is 20.7 Å². The number of benzene rings is 1. The first-order chi connectivity index (χ1) is 10.7. The number of anilines is 1. The minimum absolute atomic E-state index is 0.0346. The van der Waals surface area contributed by atoms with Gasteiger partial charge in [0.15, 0.2) is 13.0 Å². The van der Waals surface area contributed by atoms with Gasteiger partial charge in [0.1, 0.15) is 5.75 Å². The quantitative estimate of drug-likeness (QED) is 0.524. The fraction of sp³-hybridized carbons (Fsp3) is 0.250. The molecule has 4 rings (SSSR count). The van der Waals surface area contributed by atoms with Crippen LogP contribution in [0.15, 0.2) is 53.5 Å². The summed E-state index contributed by atoms with van der Waals surface area (Å²) in [6, 6.07) is 6.05. The fourth-order valence-electron chi connectivity index (χ4n) is 2.98. The third-order valence-electron chi connectivity index (χ3n) is 4.03. The van der Waals surface area contributed by atoms with Crippen LogP contribution in [-0.2, 0) is 6.42 Å². The molecule has 0 saturated heterocycles. The standard InChI is InChI=1S/C16H17N3O3/c20-16(21)11-3-4-17-13-7-10(19-15(11)13)5-9-1-2-14-12(6-9)18-8-22-14/h1-4,6-7,13,16-21H,5,8H2. The number of fused-ring (bicyclic) bond motifs is 2. The van der Waals surface area contributed by atoms with E-state index in [1.807, 2.05) is 12.1 Å². The lowest BCUT2D eigenvalue weighted by molar-refractivity contribution is -0.00629. The Bertz CT molecular complexity index is 707. The van der Waals surface area contributed by atoms with Gasteiger partial charge in [0.25, 0.3) is 0 Å². The Morgan fingerprint density at radius 1 is 1.32 bits per heavy atom. The van der Waals surface area contributed by atoms with Gasteiger partial charge < -0.3 is 30.9 Å². The normalized spacial score (nSPS) is 21.6. The van der Waals surface area contributed by atoms with Crippen molar-refractivity contribution in [2.24, 2.45) is 0 Å². The molecule has 0 aromatic heterocycles. The molecule has 1 aromatic carbocycles. The van der Waals surface area contributed by atoms with Crippen molar-refractivity contribution in [3.8, 4) is 5.75 Å². The Hall–Kier alpha value is -2.44. The summed E-state index contributed by atoms with van der Waals surface area (Å²) < 4.78 is 5.42. The monoisotopic (exact) mass is 299 g/mol. The highest BCUT2D eigenvalue weighted by atomic mass is 16.5. The molecule has 6 heteroatoms. The maximum Gasteiger partial charge on any atom is 0.180 e. The molecule has 0 aliphatic carbocycles. The van der Waals surface area contributed by atoms with Crippen molar-refractivity contribution in [3.05, 3.63) is 59.1 Å². The number of hydrogen-bond donors (Lipinski definition) is 5. The second kappa shape index (κ2) is 5.08. The predicted octanol–water partition coefficient (Wildman–Crippen LogP) is 0.528. The van der Waals surface area contributed by atoms with Crippen LogP contribution in [0.4, 0.5) is 5.69 Å². The Balaban J connectivity index is 1.55. The summed E-state index contributed by atoms with van der Waals surface area (Å²) in [5, 5.41) is 28.5. The lowest BCUT2D eigenvalue weighted by atomic mass is 10.1. The molecular formula is C16H17N3O3. The highest BCUT2D eigenvalue weighted by Crippen LogP contribution is 2.31. The van der Waals surface area contributed by atoms with Crippen LogP contribution in [-0.4, -0.2) is 29.3 Å². The Morgan fingerprint density at radius 3 is 3.09 bits per heavy atom. The van der Waals surface area contributed by atoms with Gasteiger partial charge in [-0.1, -0.05) is 6.07 Å². The summed E-state index contributed by atoms with van der Waals surface area (Å²) >= 11 is 0. The summed E-state index contributed by atoms with van der Waals surface area (Å²) in [6.07, 6.45) is 4.75. The van der Waals surface area contributed by atoms with Crippen LogP contribution in [0.5, 0.6) is 5.75 Å². The van der Waals surface area contributed by atoms with Crippen molar-refractivity contribution < 1.29 is 14.9 Å². The minimum Gasteiger partial charge on any atom is -0.471 e. The average molecular weight is 299 g/mol. The molecule has 22 heavy (non-hydrogen) atoms. The minimum atomic E-state index is -1.47. The van der Waals surface area contributed by atoms with E-state index >= 15 is 0 Å². The van der Waals surface area contributed by atoms with Crippen LogP contribution in [0.1, 0.15) is 5.56 Å². The summed E-state index contributed by atoms with van der Waals surface area (Å²) in [5.74, 6) is 0.880. The molecule has 0 spiro atoms. The van der Waals surface area contributed by atoms with Crippen molar-refractivity contribution in [2.45, 2.75) is 18.8 Å². The molecule has 3 heterocycles. The van der Waals surface area contributed by atoms with Crippen molar-refractivity contribution >= 4 is 5.69 Å². The lowest BCUT2D eigenvalue weighted by Gasteiger charge is -2.21. The molecule has 1 atom stereocenters. The predicted molar refractivity (Wildman–Crippen MR) is 81.8 cm³/mol. The molecule has 0 fully saturated rings. The first-order valence-electron chi connectivity index (χ1n) is 7.21. The van der Waals surface area contributed by atoms with Crippen molar-refractivity contribution in [1.82, 2.24) is 10.6 Å². The molecule has 0 saturated carbocycles. The highest BCUT2D eigenvalue weighted by Gasteiger charge is 2.27. The van der Waals surface area contributed by atoms with Gasteiger partial charge in [-0.3, -0.25) is 0 Å². The summed E-state index contributed by atoms with van der Waals surface area (Å²) in [6.45, 7) is 0.516. The maximum absolute atomic E-state index is 9.44. The molecule has 0 bridgehead atoms. The van der Waals surface area contributed by atoms with E-state index in [2.05, 4.69) is 28.1 Å². The maximum atomic E-state index is 9.44. The SMILES string of the molecule is OC(O)C1=C2NC(Cc3ccc4c(c3)NCO4)=CC2NC=C1. The lowest BCUT2D eigenvalue weighted by Crippen LogP contribution is -2.32. The number of aliphatic hydroxyl groups is 2. The fourth-order valence-corrected chi connectivity index (χ4v) is 2.98. The van der Waals surface area contributed by atoms with Crippen molar-refractivity contribution in [1.29, 1.82) is 0 Å². The second-order valence-corrected chi connectivity index (χ2v) is 5.51. The van der Waals surface area contributed by atoms with Crippen molar-refractivity contribution in [2.75, 3.05) is 12.0 Å². The van der Waals surface area contributed by atoms with Crippen LogP contribution in [0, 0.1) is 0 Å². The Labute approximate surface area is 127 Å². The molecule has 3 aliphatic rings. The van der Waals surface area contributed by atoms with Gasteiger partial charge in [-0.25, -0.2) is 0 Å². The molecule has 3 aliphatic heterocycles. The zero-order chi connectivity index (χ0) is 15.1. The third kappa shape index (κ3) is 2.22. The van der Waals surface area contributed by atoms with Gasteiger partial charge in [0.05, 0.1) is 17.4 Å². The largest absolute Gasteiger partial charge is 0.471 e. The number of aliphatic hydroxyl groups excluding tert-OH is 1. The molecule has 1 unspecified atom stereocenters. The first kappa shape index (κ1) is 13.2. The zero-order valence-corrected chi connectivity index (χ0v) is 11.8. The Kier molecular flexibility index (Phi) is 3.06. The second-order valence-electron chi connectivity index (χ2n) is 5.51. The Morgan fingerprint density at radius 2 is 2.23 bits per heavy atom. The molecule has 0 amide bonds. The average Bonchev–Trinajstić information content (AvgIpc) is 3.11. The van der Waals surface area contributed by atoms with Gasteiger partial charge in [-0.15, -0.1) is 0 Å². The molecule has 6 nitrogen and oxygen atoms in total. The van der Waals surface area contributed by atoms with Gasteiger partial charge in [-0.2, -0.15) is 0 Å². The number of rotatable bonds is 3. The van der Waals surface area contributed by atoms with E-state index in [-0.39, 0.29) is 6.04 Å². The van der Waals surface area contributed by atoms with E-state index in [0.29, 0.717) is 12.3 Å². The van der Waals surface area contributed by atoms with Crippen LogP contribution in [0.3, 0.4) is 0 Å². The van der Waals surface area contributed by atoms with Gasteiger partial charge in [0.2, 0.25) is 0 Å². The van der Waals surface area contributed by atoms with Gasteiger partial charge in [-0.05, 0) is 36.0 Å².